The fourth-order valence-corrected chi connectivity index (χ4v) is 5.55. The Bertz CT molecular complexity index is 1080. The first-order valence-electron chi connectivity index (χ1n) is 12.1. The first-order valence-corrected chi connectivity index (χ1v) is 12.1. The number of aromatic nitrogens is 2. The highest BCUT2D eigenvalue weighted by Gasteiger charge is 2.32. The van der Waals surface area contributed by atoms with Crippen LogP contribution >= 0.6 is 0 Å². The van der Waals surface area contributed by atoms with E-state index in [1.54, 1.807) is 14.2 Å². The van der Waals surface area contributed by atoms with E-state index in [0.717, 1.165) is 69.0 Å². The normalized spacial score (nSPS) is 19.8. The fraction of sp³-hybridized carbons (Fsp3) is 0.500. The summed E-state index contributed by atoms with van der Waals surface area (Å²) < 4.78 is 10.9. The number of fused-ring (bicyclic) bond motifs is 2. The summed E-state index contributed by atoms with van der Waals surface area (Å²) in [6.45, 7) is 7.51. The Balaban J connectivity index is 1.39. The molecule has 34 heavy (non-hydrogen) atoms. The molecule has 0 spiro atoms. The second-order valence-electron chi connectivity index (χ2n) is 9.16. The van der Waals surface area contributed by atoms with Gasteiger partial charge < -0.3 is 24.2 Å². The zero-order valence-corrected chi connectivity index (χ0v) is 20.1. The number of hydrogen-bond acceptors (Lipinski definition) is 7. The molecule has 8 heteroatoms. The minimum atomic E-state index is -0.00998. The molecule has 1 fully saturated rings. The summed E-state index contributed by atoms with van der Waals surface area (Å²) >= 11 is 0. The smallest absolute Gasteiger partial charge is 0.318 e. The number of hydrogen-bond donors (Lipinski definition) is 0. The molecule has 8 nitrogen and oxygen atoms in total. The van der Waals surface area contributed by atoms with Crippen LogP contribution in [0.15, 0.2) is 30.9 Å². The molecule has 1 aromatic heterocycles. The molecular weight excluding hydrogens is 430 g/mol. The van der Waals surface area contributed by atoms with Crippen LogP contribution in [0.2, 0.25) is 0 Å². The summed E-state index contributed by atoms with van der Waals surface area (Å²) in [6.07, 6.45) is 6.51. The van der Waals surface area contributed by atoms with Crippen LogP contribution in [0, 0.1) is 0 Å². The first kappa shape index (κ1) is 22.5. The van der Waals surface area contributed by atoms with Gasteiger partial charge in [0.15, 0.2) is 0 Å². The zero-order chi connectivity index (χ0) is 23.7. The van der Waals surface area contributed by atoms with E-state index in [2.05, 4.69) is 34.6 Å². The summed E-state index contributed by atoms with van der Waals surface area (Å²) in [5, 5.41) is 0. The third kappa shape index (κ3) is 4.17. The van der Waals surface area contributed by atoms with Crippen LogP contribution in [0.25, 0.3) is 0 Å². The van der Waals surface area contributed by atoms with Crippen LogP contribution in [-0.4, -0.2) is 73.8 Å². The summed E-state index contributed by atoms with van der Waals surface area (Å²) in [7, 11) is 3.35. The predicted molar refractivity (Wildman–Crippen MR) is 132 cm³/mol. The molecule has 1 unspecified atom stereocenters. The molecule has 1 saturated heterocycles. The predicted octanol–water partition coefficient (Wildman–Crippen LogP) is 2.64. The quantitative estimate of drug-likeness (QED) is 0.632. The topological polar surface area (TPSA) is 71.0 Å². The number of anilines is 2. The molecule has 3 aliphatic rings. The van der Waals surface area contributed by atoms with E-state index in [9.17, 15) is 4.79 Å². The van der Waals surface area contributed by atoms with E-state index in [0.29, 0.717) is 25.1 Å². The third-order valence-corrected chi connectivity index (χ3v) is 7.34. The van der Waals surface area contributed by atoms with E-state index >= 15 is 0 Å². The number of methoxy groups -OCH3 is 2. The van der Waals surface area contributed by atoms with E-state index in [-0.39, 0.29) is 5.91 Å². The molecule has 3 heterocycles. The molecule has 0 bridgehead atoms. The molecule has 0 saturated carbocycles. The highest BCUT2D eigenvalue weighted by Crippen LogP contribution is 2.37. The highest BCUT2D eigenvalue weighted by atomic mass is 16.5. The van der Waals surface area contributed by atoms with Gasteiger partial charge in [0.25, 0.3) is 0 Å². The van der Waals surface area contributed by atoms with Gasteiger partial charge in [-0.2, -0.15) is 9.97 Å². The summed E-state index contributed by atoms with van der Waals surface area (Å²) in [5.41, 5.74) is 5.00. The standard InChI is InChI=1S/C26H33N5O3/c1-4-24(32)29-12-14-30(15-13-29)25-21-9-7-19(17-22(21)27-26(28-25)34-3)31-11-5-6-18-16-20(33-2)8-10-23(18)31/h4,8,10,16,19H,1,5-7,9,11-15,17H2,2-3H3. The maximum Gasteiger partial charge on any atom is 0.318 e. The van der Waals surface area contributed by atoms with Gasteiger partial charge in [-0.1, -0.05) is 6.58 Å². The third-order valence-electron chi connectivity index (χ3n) is 7.34. The van der Waals surface area contributed by atoms with E-state index in [1.165, 1.54) is 22.9 Å². The van der Waals surface area contributed by atoms with Crippen molar-refractivity contribution in [3.63, 3.8) is 0 Å². The van der Waals surface area contributed by atoms with Crippen LogP contribution in [-0.2, 0) is 24.1 Å². The van der Waals surface area contributed by atoms with Crippen molar-refractivity contribution in [2.24, 2.45) is 0 Å². The minimum absolute atomic E-state index is 0.00998. The summed E-state index contributed by atoms with van der Waals surface area (Å²) in [4.78, 5) is 28.2. The number of benzene rings is 1. The maximum absolute atomic E-state index is 12.0. The Kier molecular flexibility index (Phi) is 6.30. The number of ether oxygens (including phenoxy) is 2. The summed E-state index contributed by atoms with van der Waals surface area (Å²) in [6, 6.07) is 7.27. The van der Waals surface area contributed by atoms with Gasteiger partial charge >= 0.3 is 6.01 Å². The monoisotopic (exact) mass is 463 g/mol. The van der Waals surface area contributed by atoms with Gasteiger partial charge in [0, 0.05) is 56.4 Å². The molecule has 1 aromatic carbocycles. The average Bonchev–Trinajstić information content (AvgIpc) is 2.90. The van der Waals surface area contributed by atoms with Gasteiger partial charge in [0.05, 0.1) is 19.9 Å². The van der Waals surface area contributed by atoms with Crippen molar-refractivity contribution in [2.75, 3.05) is 56.7 Å². The first-order chi connectivity index (χ1) is 16.6. The van der Waals surface area contributed by atoms with E-state index in [1.807, 2.05) is 4.90 Å². The highest BCUT2D eigenvalue weighted by molar-refractivity contribution is 5.87. The van der Waals surface area contributed by atoms with Gasteiger partial charge in [0.1, 0.15) is 11.6 Å². The van der Waals surface area contributed by atoms with Gasteiger partial charge in [-0.25, -0.2) is 0 Å². The van der Waals surface area contributed by atoms with Gasteiger partial charge in [-0.15, -0.1) is 0 Å². The lowest BCUT2D eigenvalue weighted by Crippen LogP contribution is -2.49. The molecule has 2 aromatic rings. The van der Waals surface area contributed by atoms with Crippen LogP contribution in [0.4, 0.5) is 11.5 Å². The van der Waals surface area contributed by atoms with Crippen molar-refractivity contribution in [3.05, 3.63) is 47.7 Å². The van der Waals surface area contributed by atoms with Crippen LogP contribution in [0.1, 0.15) is 29.7 Å². The zero-order valence-electron chi connectivity index (χ0n) is 20.1. The van der Waals surface area contributed by atoms with Crippen molar-refractivity contribution >= 4 is 17.4 Å². The lowest BCUT2D eigenvalue weighted by atomic mass is 9.88. The van der Waals surface area contributed by atoms with E-state index in [4.69, 9.17) is 19.4 Å². The minimum Gasteiger partial charge on any atom is -0.497 e. The number of carbonyl (C=O) groups is 1. The number of amides is 1. The molecule has 1 amide bonds. The lowest BCUT2D eigenvalue weighted by Gasteiger charge is -2.41. The molecule has 1 aliphatic carbocycles. The van der Waals surface area contributed by atoms with Crippen LogP contribution in [0.3, 0.4) is 0 Å². The Morgan fingerprint density at radius 1 is 1.09 bits per heavy atom. The number of aryl methyl sites for hydroxylation is 1. The lowest BCUT2D eigenvalue weighted by molar-refractivity contribution is -0.126. The van der Waals surface area contributed by atoms with Crippen molar-refractivity contribution in [2.45, 2.75) is 38.1 Å². The second kappa shape index (κ2) is 9.52. The fourth-order valence-electron chi connectivity index (χ4n) is 5.55. The van der Waals surface area contributed by atoms with Crippen LogP contribution < -0.4 is 19.3 Å². The number of rotatable bonds is 5. The largest absolute Gasteiger partial charge is 0.497 e. The maximum atomic E-state index is 12.0. The molecule has 1 atom stereocenters. The summed E-state index contributed by atoms with van der Waals surface area (Å²) in [5.74, 6) is 1.88. The number of carbonyl (C=O) groups excluding carboxylic acids is 1. The average molecular weight is 464 g/mol. The van der Waals surface area contributed by atoms with Crippen molar-refractivity contribution in [1.82, 2.24) is 14.9 Å². The molecule has 2 aliphatic heterocycles. The Hall–Kier alpha value is -3.29. The molecule has 5 rings (SSSR count). The van der Waals surface area contributed by atoms with Gasteiger partial charge in [0.2, 0.25) is 5.91 Å². The van der Waals surface area contributed by atoms with E-state index < -0.39 is 0 Å². The molecule has 180 valence electrons. The van der Waals surface area contributed by atoms with Crippen molar-refractivity contribution < 1.29 is 14.3 Å². The number of nitrogens with zero attached hydrogens (tertiary/aromatic N) is 5. The van der Waals surface area contributed by atoms with Gasteiger partial charge in [-0.3, -0.25) is 4.79 Å². The second-order valence-corrected chi connectivity index (χ2v) is 9.16. The molecule has 0 N–H and O–H groups in total. The Morgan fingerprint density at radius 2 is 1.91 bits per heavy atom. The van der Waals surface area contributed by atoms with Crippen molar-refractivity contribution in [1.29, 1.82) is 0 Å². The van der Waals surface area contributed by atoms with Gasteiger partial charge in [-0.05, 0) is 55.5 Å². The SMILES string of the molecule is C=CC(=O)N1CCN(c2nc(OC)nc3c2CCC(N2CCCc4cc(OC)ccc42)C3)CC1. The Labute approximate surface area is 201 Å². The molecular formula is C26H33N5O3. The number of piperazine rings is 1. The van der Waals surface area contributed by atoms with Crippen LogP contribution in [0.5, 0.6) is 11.8 Å². The Morgan fingerprint density at radius 3 is 2.65 bits per heavy atom. The van der Waals surface area contributed by atoms with Crippen molar-refractivity contribution in [3.8, 4) is 11.8 Å². The molecule has 0 radical (unpaired) electrons.